The molecular formula is C33H33FN3NaO4. The molecule has 1 aliphatic rings. The molecule has 4 aromatic carbocycles. The molecule has 0 atom stereocenters. The molecule has 0 bridgehead atoms. The zero-order valence-electron chi connectivity index (χ0n) is 22.7. The predicted molar refractivity (Wildman–Crippen MR) is 163 cm³/mol. The summed E-state index contributed by atoms with van der Waals surface area (Å²) in [5, 5.41) is 22.7. The second-order valence-corrected chi connectivity index (χ2v) is 10.5. The van der Waals surface area contributed by atoms with Gasteiger partial charge in [0.05, 0.1) is 10.3 Å². The molecule has 1 aliphatic heterocycles. The topological polar surface area (TPSA) is 86.9 Å². The maximum absolute atomic E-state index is 16.8. The van der Waals surface area contributed by atoms with E-state index >= 15 is 4.39 Å². The van der Waals surface area contributed by atoms with E-state index in [1.807, 2.05) is 91.0 Å². The molecule has 0 radical (unpaired) electrons. The summed E-state index contributed by atoms with van der Waals surface area (Å²) < 4.78 is 16.8. The number of hydrogen-bond acceptors (Lipinski definition) is 5. The molecule has 7 nitrogen and oxygen atoms in total. The Kier molecular flexibility index (Phi) is 10.5. The average Bonchev–Trinajstić information content (AvgIpc) is 2.99. The van der Waals surface area contributed by atoms with E-state index in [0.717, 1.165) is 16.7 Å². The number of piperidine rings is 1. The number of rotatable bonds is 10. The van der Waals surface area contributed by atoms with Crippen molar-refractivity contribution in [2.45, 2.75) is 37.9 Å². The zero-order chi connectivity index (χ0) is 28.8. The molecule has 0 saturated carbocycles. The monoisotopic (exact) mass is 577 g/mol. The molecule has 1 saturated heterocycles. The molecule has 1 N–H and O–H groups in total. The van der Waals surface area contributed by atoms with Crippen LogP contribution >= 0.6 is 0 Å². The van der Waals surface area contributed by atoms with Crippen LogP contribution in [0, 0.1) is 15.9 Å². The van der Waals surface area contributed by atoms with Gasteiger partial charge in [-0.05, 0) is 48.7 Å². The first-order valence-corrected chi connectivity index (χ1v) is 13.7. The number of carboxylic acid groups (broad SMARTS) is 1. The van der Waals surface area contributed by atoms with Gasteiger partial charge in [0.15, 0.2) is 11.5 Å². The predicted octanol–water partition coefficient (Wildman–Crippen LogP) is 5.91. The number of hydrogen-bond donors (Lipinski definition) is 1. The summed E-state index contributed by atoms with van der Waals surface area (Å²) >= 11 is 0. The van der Waals surface area contributed by atoms with Crippen molar-refractivity contribution in [3.8, 4) is 0 Å². The summed E-state index contributed by atoms with van der Waals surface area (Å²) in [4.78, 5) is 28.2. The molecule has 0 aromatic heterocycles. The molecule has 1 fully saturated rings. The minimum atomic E-state index is -1.49. The van der Waals surface area contributed by atoms with Gasteiger partial charge in [0, 0.05) is 31.3 Å². The van der Waals surface area contributed by atoms with Crippen LogP contribution in [0.25, 0.3) is 0 Å². The van der Waals surface area contributed by atoms with Crippen LogP contribution in [0.5, 0.6) is 0 Å². The summed E-state index contributed by atoms with van der Waals surface area (Å²) in [6.07, 6.45) is 0.390. The standard InChI is InChI=1S/C33H32FN3O4.Na.H/c34-30-28(33(32(38)39)18-20-35(21-19-33)22-25-10-4-1-5-11-25)16-17-29(37(40)41)31(30)36(23-26-12-6-2-7-13-26)24-27-14-8-3-9-15-27;;/h1-17H,18-24H2,(H,38,39);;. The quantitative estimate of drug-likeness (QED) is 0.143. The molecule has 212 valence electrons. The van der Waals surface area contributed by atoms with Crippen LogP contribution in [0.1, 0.15) is 35.1 Å². The van der Waals surface area contributed by atoms with Gasteiger partial charge in [0.1, 0.15) is 0 Å². The van der Waals surface area contributed by atoms with E-state index in [-0.39, 0.29) is 72.4 Å². The second kappa shape index (κ2) is 14.1. The third kappa shape index (κ3) is 6.90. The van der Waals surface area contributed by atoms with Crippen molar-refractivity contribution in [2.75, 3.05) is 18.0 Å². The van der Waals surface area contributed by atoms with Gasteiger partial charge in [0.25, 0.3) is 5.69 Å². The molecule has 9 heteroatoms. The van der Waals surface area contributed by atoms with Crippen LogP contribution < -0.4 is 4.90 Å². The second-order valence-electron chi connectivity index (χ2n) is 10.5. The molecule has 1 heterocycles. The van der Waals surface area contributed by atoms with Crippen molar-refractivity contribution in [1.29, 1.82) is 0 Å². The van der Waals surface area contributed by atoms with Crippen LogP contribution in [0.3, 0.4) is 0 Å². The van der Waals surface area contributed by atoms with Crippen molar-refractivity contribution < 1.29 is 19.2 Å². The van der Waals surface area contributed by atoms with E-state index in [9.17, 15) is 20.0 Å². The van der Waals surface area contributed by atoms with Crippen LogP contribution in [0.4, 0.5) is 15.8 Å². The summed E-state index contributed by atoms with van der Waals surface area (Å²) in [6, 6.07) is 31.2. The number of halogens is 1. The third-order valence-corrected chi connectivity index (χ3v) is 7.92. The molecule has 4 aromatic rings. The Bertz CT molecular complexity index is 1460. The van der Waals surface area contributed by atoms with Crippen molar-refractivity contribution in [2.24, 2.45) is 0 Å². The van der Waals surface area contributed by atoms with Gasteiger partial charge >= 0.3 is 35.5 Å². The summed E-state index contributed by atoms with van der Waals surface area (Å²) in [5.41, 5.74) is 0.751. The van der Waals surface area contributed by atoms with Gasteiger partial charge in [-0.2, -0.15) is 0 Å². The van der Waals surface area contributed by atoms with Gasteiger partial charge in [-0.1, -0.05) is 91.0 Å². The van der Waals surface area contributed by atoms with E-state index in [1.165, 1.54) is 12.1 Å². The Morgan fingerprint density at radius 1 is 0.833 bits per heavy atom. The molecule has 0 amide bonds. The van der Waals surface area contributed by atoms with Gasteiger partial charge in [-0.3, -0.25) is 19.8 Å². The van der Waals surface area contributed by atoms with Crippen LogP contribution in [-0.4, -0.2) is 63.5 Å². The Balaban J connectivity index is 0.00000405. The van der Waals surface area contributed by atoms with Gasteiger partial charge in [-0.25, -0.2) is 4.39 Å². The van der Waals surface area contributed by atoms with Crippen molar-refractivity contribution in [3.63, 3.8) is 0 Å². The fourth-order valence-electron chi connectivity index (χ4n) is 5.73. The number of carboxylic acids is 1. The maximum atomic E-state index is 16.8. The molecule has 0 spiro atoms. The van der Waals surface area contributed by atoms with Gasteiger partial charge < -0.3 is 10.0 Å². The minimum absolute atomic E-state index is 0. The molecule has 42 heavy (non-hydrogen) atoms. The molecule has 0 unspecified atom stereocenters. The Labute approximate surface area is 267 Å². The normalized spacial score (nSPS) is 14.5. The SMILES string of the molecule is O=C(O)C1(c2ccc([N+](=O)[O-])c(N(Cc3ccccc3)Cc3ccccc3)c2F)CCN(Cc2ccccc2)CC1.[NaH]. The third-order valence-electron chi connectivity index (χ3n) is 7.92. The van der Waals surface area contributed by atoms with Crippen molar-refractivity contribution >= 4 is 46.9 Å². The Hall–Kier alpha value is -3.56. The summed E-state index contributed by atoms with van der Waals surface area (Å²) in [6.45, 7) is 2.02. The number of likely N-dealkylation sites (tertiary alicyclic amines) is 1. The molecule has 5 rings (SSSR count). The summed E-state index contributed by atoms with van der Waals surface area (Å²) in [5.74, 6) is -1.96. The Morgan fingerprint density at radius 2 is 1.31 bits per heavy atom. The van der Waals surface area contributed by atoms with E-state index < -0.39 is 22.1 Å². The number of nitro benzene ring substituents is 1. The summed E-state index contributed by atoms with van der Waals surface area (Å²) in [7, 11) is 0. The molecule has 0 aliphatic carbocycles. The molecular weight excluding hydrogens is 544 g/mol. The first-order valence-electron chi connectivity index (χ1n) is 13.7. The van der Waals surface area contributed by atoms with Crippen molar-refractivity contribution in [1.82, 2.24) is 4.90 Å². The Morgan fingerprint density at radius 3 is 1.76 bits per heavy atom. The number of anilines is 1. The van der Waals surface area contributed by atoms with Crippen LogP contribution in [0.2, 0.25) is 0 Å². The van der Waals surface area contributed by atoms with E-state index in [1.54, 1.807) is 4.90 Å². The zero-order valence-corrected chi connectivity index (χ0v) is 22.7. The number of benzene rings is 4. The van der Waals surface area contributed by atoms with Crippen molar-refractivity contribution in [3.05, 3.63) is 141 Å². The van der Waals surface area contributed by atoms with Crippen LogP contribution in [-0.2, 0) is 29.8 Å². The van der Waals surface area contributed by atoms with Gasteiger partial charge in [0.2, 0.25) is 0 Å². The first-order chi connectivity index (χ1) is 19.9. The number of carbonyl (C=O) groups is 1. The van der Waals surface area contributed by atoms with Crippen LogP contribution in [0.15, 0.2) is 103 Å². The fourth-order valence-corrected chi connectivity index (χ4v) is 5.73. The van der Waals surface area contributed by atoms with E-state index in [0.29, 0.717) is 19.6 Å². The van der Waals surface area contributed by atoms with Gasteiger partial charge in [-0.15, -0.1) is 0 Å². The number of aliphatic carboxylic acids is 1. The van der Waals surface area contributed by atoms with E-state index in [2.05, 4.69) is 4.90 Å². The number of nitro groups is 1. The fraction of sp³-hybridized carbons (Fsp3) is 0.242. The average molecular weight is 578 g/mol. The van der Waals surface area contributed by atoms with E-state index in [4.69, 9.17) is 0 Å². The number of nitrogens with zero attached hydrogens (tertiary/aromatic N) is 3. The first kappa shape index (κ1) is 31.4.